The second-order valence-corrected chi connectivity index (χ2v) is 6.22. The predicted molar refractivity (Wildman–Crippen MR) is 86.9 cm³/mol. The molecule has 22 heavy (non-hydrogen) atoms. The highest BCUT2D eigenvalue weighted by molar-refractivity contribution is 6.30. The van der Waals surface area contributed by atoms with Crippen molar-refractivity contribution in [3.05, 3.63) is 52.6 Å². The monoisotopic (exact) mass is 317 g/mol. The molecule has 0 radical (unpaired) electrons. The molecule has 116 valence electrons. The van der Waals surface area contributed by atoms with Gasteiger partial charge in [-0.15, -0.1) is 0 Å². The summed E-state index contributed by atoms with van der Waals surface area (Å²) >= 11 is 5.86. The van der Waals surface area contributed by atoms with Gasteiger partial charge in [0.25, 0.3) is 0 Å². The number of nitrogens with one attached hydrogen (secondary N) is 2. The van der Waals surface area contributed by atoms with Crippen LogP contribution in [0, 0.1) is 5.92 Å². The van der Waals surface area contributed by atoms with Crippen LogP contribution in [0.15, 0.2) is 30.6 Å². The lowest BCUT2D eigenvalue weighted by molar-refractivity contribution is -0.125. The van der Waals surface area contributed by atoms with Gasteiger partial charge in [0, 0.05) is 29.6 Å². The lowest BCUT2D eigenvalue weighted by Gasteiger charge is -2.20. The van der Waals surface area contributed by atoms with Crippen LogP contribution in [0.5, 0.6) is 0 Å². The van der Waals surface area contributed by atoms with Gasteiger partial charge in [-0.25, -0.2) is 4.98 Å². The highest BCUT2D eigenvalue weighted by Crippen LogP contribution is 2.22. The van der Waals surface area contributed by atoms with E-state index in [4.69, 9.17) is 11.6 Å². The van der Waals surface area contributed by atoms with Crippen molar-refractivity contribution < 1.29 is 4.79 Å². The van der Waals surface area contributed by atoms with Crippen molar-refractivity contribution in [3.63, 3.8) is 0 Å². The van der Waals surface area contributed by atoms with E-state index in [0.29, 0.717) is 6.54 Å². The number of aryl methyl sites for hydroxylation is 2. The van der Waals surface area contributed by atoms with Gasteiger partial charge in [-0.05, 0) is 43.4 Å². The molecule has 0 saturated heterocycles. The molecule has 4 nitrogen and oxygen atoms in total. The second-order valence-electron chi connectivity index (χ2n) is 5.79. The zero-order chi connectivity index (χ0) is 15.4. The first kappa shape index (κ1) is 15.1. The van der Waals surface area contributed by atoms with Crippen molar-refractivity contribution in [2.75, 3.05) is 6.54 Å². The number of hydrogen-bond donors (Lipinski definition) is 2. The summed E-state index contributed by atoms with van der Waals surface area (Å²) in [6.45, 7) is 0.716. The summed E-state index contributed by atoms with van der Waals surface area (Å²) in [6, 6.07) is 7.87. The minimum absolute atomic E-state index is 0.0727. The smallest absolute Gasteiger partial charge is 0.223 e. The van der Waals surface area contributed by atoms with Gasteiger partial charge in [-0.3, -0.25) is 4.79 Å². The van der Waals surface area contributed by atoms with Crippen LogP contribution in [0.4, 0.5) is 0 Å². The molecule has 1 amide bonds. The van der Waals surface area contributed by atoms with E-state index >= 15 is 0 Å². The molecule has 1 aromatic heterocycles. The Hall–Kier alpha value is -1.81. The Morgan fingerprint density at radius 1 is 1.36 bits per heavy atom. The molecule has 2 N–H and O–H groups in total. The fourth-order valence-electron chi connectivity index (χ4n) is 2.92. The molecule has 1 aromatic carbocycles. The molecule has 1 unspecified atom stereocenters. The van der Waals surface area contributed by atoms with E-state index in [0.717, 1.165) is 48.5 Å². The van der Waals surface area contributed by atoms with Crippen LogP contribution in [0.25, 0.3) is 0 Å². The maximum Gasteiger partial charge on any atom is 0.223 e. The van der Waals surface area contributed by atoms with E-state index in [-0.39, 0.29) is 11.8 Å². The number of aromatic nitrogens is 2. The predicted octanol–water partition coefficient (Wildman–Crippen LogP) is 2.92. The summed E-state index contributed by atoms with van der Waals surface area (Å²) in [6.07, 6.45) is 6.17. The first-order chi connectivity index (χ1) is 10.7. The lowest BCUT2D eigenvalue weighted by Crippen LogP contribution is -2.34. The molecule has 1 aliphatic carbocycles. The highest BCUT2D eigenvalue weighted by atomic mass is 35.5. The molecule has 1 atom stereocenters. The molecule has 1 heterocycles. The third-order valence-electron chi connectivity index (χ3n) is 4.21. The van der Waals surface area contributed by atoms with Gasteiger partial charge in [0.1, 0.15) is 0 Å². The summed E-state index contributed by atoms with van der Waals surface area (Å²) < 4.78 is 0. The van der Waals surface area contributed by atoms with Crippen LogP contribution in [0.3, 0.4) is 0 Å². The molecular formula is C17H20ClN3O. The average Bonchev–Trinajstić information content (AvgIpc) is 3.00. The Balaban J connectivity index is 1.40. The minimum atomic E-state index is 0.0727. The summed E-state index contributed by atoms with van der Waals surface area (Å²) in [5.74, 6) is 0.236. The Bertz CT molecular complexity index is 636. The zero-order valence-electron chi connectivity index (χ0n) is 12.4. The molecule has 2 aromatic rings. The third-order valence-corrected chi connectivity index (χ3v) is 4.47. The van der Waals surface area contributed by atoms with Crippen LogP contribution < -0.4 is 5.32 Å². The normalized spacial score (nSPS) is 17.0. The number of rotatable bonds is 5. The van der Waals surface area contributed by atoms with Gasteiger partial charge in [0.05, 0.1) is 12.0 Å². The Labute approximate surface area is 135 Å². The maximum atomic E-state index is 12.2. The molecule has 0 fully saturated rings. The van der Waals surface area contributed by atoms with E-state index in [1.807, 2.05) is 24.3 Å². The summed E-state index contributed by atoms with van der Waals surface area (Å²) in [5, 5.41) is 3.81. The Morgan fingerprint density at radius 2 is 2.18 bits per heavy atom. The molecule has 0 spiro atoms. The molecule has 1 aliphatic rings. The zero-order valence-corrected chi connectivity index (χ0v) is 13.2. The number of hydrogen-bond acceptors (Lipinski definition) is 2. The van der Waals surface area contributed by atoms with Crippen LogP contribution in [0.2, 0.25) is 5.02 Å². The topological polar surface area (TPSA) is 57.8 Å². The number of fused-ring (bicyclic) bond motifs is 1. The number of H-pyrrole nitrogens is 1. The standard InChI is InChI=1S/C17H20ClN3O/c18-14-6-3-12(4-7-14)2-1-9-19-17(22)13-5-8-15-16(10-13)21-11-20-15/h3-4,6-7,11,13H,1-2,5,8-10H2,(H,19,22)(H,20,21). The van der Waals surface area contributed by atoms with Gasteiger partial charge < -0.3 is 10.3 Å². The van der Waals surface area contributed by atoms with Crippen molar-refractivity contribution in [1.29, 1.82) is 0 Å². The van der Waals surface area contributed by atoms with Crippen LogP contribution in [-0.2, 0) is 24.1 Å². The van der Waals surface area contributed by atoms with Crippen LogP contribution >= 0.6 is 11.6 Å². The van der Waals surface area contributed by atoms with Gasteiger partial charge in [-0.2, -0.15) is 0 Å². The van der Waals surface area contributed by atoms with Crippen LogP contribution in [0.1, 0.15) is 29.8 Å². The fraction of sp³-hybridized carbons (Fsp3) is 0.412. The van der Waals surface area contributed by atoms with Crippen molar-refractivity contribution in [2.45, 2.75) is 32.1 Å². The fourth-order valence-corrected chi connectivity index (χ4v) is 3.05. The molecule has 0 bridgehead atoms. The number of benzene rings is 1. The van der Waals surface area contributed by atoms with Crippen molar-refractivity contribution in [3.8, 4) is 0 Å². The SMILES string of the molecule is O=C(NCCCc1ccc(Cl)cc1)C1CCc2nc[nH]c2C1. The quantitative estimate of drug-likeness (QED) is 0.833. The van der Waals surface area contributed by atoms with Crippen molar-refractivity contribution >= 4 is 17.5 Å². The van der Waals surface area contributed by atoms with Crippen LogP contribution in [-0.4, -0.2) is 22.4 Å². The maximum absolute atomic E-state index is 12.2. The Kier molecular flexibility index (Phi) is 4.78. The van der Waals surface area contributed by atoms with E-state index in [2.05, 4.69) is 15.3 Å². The molecule has 3 rings (SSSR count). The first-order valence-electron chi connectivity index (χ1n) is 7.75. The van der Waals surface area contributed by atoms with Gasteiger partial charge in [0.2, 0.25) is 5.91 Å². The van der Waals surface area contributed by atoms with Gasteiger partial charge in [0.15, 0.2) is 0 Å². The van der Waals surface area contributed by atoms with Crippen molar-refractivity contribution in [1.82, 2.24) is 15.3 Å². The lowest BCUT2D eigenvalue weighted by atomic mass is 9.89. The number of carbonyl (C=O) groups is 1. The van der Waals surface area contributed by atoms with Crippen molar-refractivity contribution in [2.24, 2.45) is 5.92 Å². The Morgan fingerprint density at radius 3 is 3.00 bits per heavy atom. The number of amides is 1. The number of aromatic amines is 1. The third kappa shape index (κ3) is 3.69. The average molecular weight is 318 g/mol. The van der Waals surface area contributed by atoms with E-state index in [9.17, 15) is 4.79 Å². The highest BCUT2D eigenvalue weighted by Gasteiger charge is 2.25. The molecule has 0 aliphatic heterocycles. The number of halogens is 1. The summed E-state index contributed by atoms with van der Waals surface area (Å²) in [4.78, 5) is 19.6. The second kappa shape index (κ2) is 6.97. The number of carbonyl (C=O) groups excluding carboxylic acids is 1. The largest absolute Gasteiger partial charge is 0.356 e. The van der Waals surface area contributed by atoms with E-state index < -0.39 is 0 Å². The number of nitrogens with zero attached hydrogens (tertiary/aromatic N) is 1. The minimum Gasteiger partial charge on any atom is -0.356 e. The van der Waals surface area contributed by atoms with Gasteiger partial charge >= 0.3 is 0 Å². The first-order valence-corrected chi connectivity index (χ1v) is 8.13. The van der Waals surface area contributed by atoms with Gasteiger partial charge in [-0.1, -0.05) is 23.7 Å². The molecular weight excluding hydrogens is 298 g/mol. The van der Waals surface area contributed by atoms with E-state index in [1.165, 1.54) is 5.56 Å². The van der Waals surface area contributed by atoms with E-state index in [1.54, 1.807) is 6.33 Å². The molecule has 0 saturated carbocycles. The molecule has 5 heteroatoms. The summed E-state index contributed by atoms with van der Waals surface area (Å²) in [5.41, 5.74) is 3.48. The number of imidazole rings is 1. The summed E-state index contributed by atoms with van der Waals surface area (Å²) in [7, 11) is 0.